The number of allylic oxidation sites excluding steroid dienone is 1. The van der Waals surface area contributed by atoms with E-state index in [0.29, 0.717) is 11.7 Å². The summed E-state index contributed by atoms with van der Waals surface area (Å²) >= 11 is 0. The molecule has 398 valence electrons. The van der Waals surface area contributed by atoms with Crippen molar-refractivity contribution in [1.82, 2.24) is 0 Å². The maximum absolute atomic E-state index is 15.4. The number of esters is 2. The first-order valence-corrected chi connectivity index (χ1v) is 22.9. The third-order valence-electron chi connectivity index (χ3n) is 12.0. The standard InChI is InChI=1S/C26H26O4P.C24BF20/c1-20(24(25(27)29-2)26(28)30-3)19-31(21-13-7-4-8-14-21,22-15-9-5-10-16-22)23-17-11-6-12-18-23;26-5-1(6(27)14(35)21(42)13(5)34)25(2-7(28)15(36)22(43)16(37)8(2)29,3-9(30)17(38)23(44)18(39)10(3)31)4-11(32)19(40)24(45)20(41)12(4)33/h4-18H,19H2,1-3H3;/q+1;-1. The van der Waals surface area contributed by atoms with Gasteiger partial charge >= 0.3 is 11.9 Å². The van der Waals surface area contributed by atoms with Gasteiger partial charge in [0.05, 0.1) is 20.4 Å². The van der Waals surface area contributed by atoms with Gasteiger partial charge in [0.15, 0.2) is 69.8 Å². The van der Waals surface area contributed by atoms with E-state index in [1.54, 1.807) is 0 Å². The summed E-state index contributed by atoms with van der Waals surface area (Å²) < 4.78 is 304. The molecule has 0 saturated carbocycles. The Morgan fingerprint density at radius 2 is 0.526 bits per heavy atom. The first-order chi connectivity index (χ1) is 35.7. The Morgan fingerprint density at radius 3 is 0.711 bits per heavy atom. The zero-order chi connectivity index (χ0) is 56.6. The lowest BCUT2D eigenvalue weighted by atomic mass is 9.12. The van der Waals surface area contributed by atoms with E-state index in [2.05, 4.69) is 36.4 Å². The fraction of sp³-hybridized carbons (Fsp3) is 0.0800. The van der Waals surface area contributed by atoms with Crippen LogP contribution in [0.1, 0.15) is 6.92 Å². The van der Waals surface area contributed by atoms with Gasteiger partial charge in [-0.15, -0.1) is 21.9 Å². The predicted octanol–water partition coefficient (Wildman–Crippen LogP) is 9.49. The van der Waals surface area contributed by atoms with E-state index in [1.165, 1.54) is 30.1 Å². The van der Waals surface area contributed by atoms with Crippen molar-refractivity contribution in [1.29, 1.82) is 0 Å². The Hall–Kier alpha value is -7.69. The van der Waals surface area contributed by atoms with Gasteiger partial charge in [0.1, 0.15) is 81.4 Å². The third kappa shape index (κ3) is 9.20. The molecule has 0 radical (unpaired) electrons. The molecule has 0 atom stereocenters. The van der Waals surface area contributed by atoms with E-state index in [1.807, 2.05) is 61.5 Å². The molecular weight excluding hydrogens is 1090 g/mol. The Balaban J connectivity index is 0.000000264. The van der Waals surface area contributed by atoms with E-state index in [-0.39, 0.29) is 5.57 Å². The Labute approximate surface area is 415 Å². The fourth-order valence-electron chi connectivity index (χ4n) is 8.71. The van der Waals surface area contributed by atoms with Crippen molar-refractivity contribution in [2.75, 3.05) is 20.4 Å². The number of rotatable bonds is 11. The van der Waals surface area contributed by atoms with E-state index < -0.39 is 164 Å². The van der Waals surface area contributed by atoms with Gasteiger partial charge < -0.3 is 9.47 Å². The quantitative estimate of drug-likeness (QED) is 0.0149. The van der Waals surface area contributed by atoms with Crippen molar-refractivity contribution in [3.05, 3.63) is 218 Å². The summed E-state index contributed by atoms with van der Waals surface area (Å²) in [6.07, 6.45) is -6.71. The minimum atomic E-state index is -7.22. The molecule has 7 rings (SSSR count). The average molecular weight is 1110 g/mol. The van der Waals surface area contributed by atoms with E-state index in [9.17, 15) is 62.3 Å². The maximum atomic E-state index is 15.4. The summed E-state index contributed by atoms with van der Waals surface area (Å²) in [5.74, 6) is -72.8. The molecule has 0 spiro atoms. The molecule has 0 N–H and O–H groups in total. The maximum Gasteiger partial charge on any atom is 0.345 e. The van der Waals surface area contributed by atoms with Crippen molar-refractivity contribution in [3.63, 3.8) is 0 Å². The van der Waals surface area contributed by atoms with Crippen LogP contribution in [0, 0.1) is 116 Å². The normalized spacial score (nSPS) is 11.5. The average Bonchev–Trinajstić information content (AvgIpc) is 3.43. The van der Waals surface area contributed by atoms with Crippen LogP contribution in [-0.2, 0) is 19.1 Å². The molecule has 0 fully saturated rings. The van der Waals surface area contributed by atoms with Crippen molar-refractivity contribution in [2.45, 2.75) is 6.92 Å². The van der Waals surface area contributed by atoms with Gasteiger partial charge in [-0.25, -0.2) is 97.4 Å². The van der Waals surface area contributed by atoms with Crippen LogP contribution in [-0.4, -0.2) is 38.5 Å². The van der Waals surface area contributed by atoms with Gasteiger partial charge in [0, 0.05) is 0 Å². The zero-order valence-corrected chi connectivity index (χ0v) is 39.0. The second kappa shape index (κ2) is 22.3. The van der Waals surface area contributed by atoms with Crippen molar-refractivity contribution >= 4 is 63.1 Å². The monoisotopic (exact) mass is 1110 g/mol. The Morgan fingerprint density at radius 1 is 0.342 bits per heavy atom. The molecule has 76 heavy (non-hydrogen) atoms. The second-order valence-corrected chi connectivity index (χ2v) is 19.4. The molecule has 0 aliphatic rings. The molecule has 0 aliphatic carbocycles. The van der Waals surface area contributed by atoms with Crippen LogP contribution >= 0.6 is 7.26 Å². The first kappa shape index (κ1) is 57.6. The molecule has 7 aromatic carbocycles. The predicted molar refractivity (Wildman–Crippen MR) is 236 cm³/mol. The molecule has 26 heteroatoms. The first-order valence-electron chi connectivity index (χ1n) is 20.9. The number of methoxy groups -OCH3 is 2. The number of halogens is 20. The van der Waals surface area contributed by atoms with Gasteiger partial charge in [0.25, 0.3) is 0 Å². The minimum Gasteiger partial charge on any atom is -0.465 e. The molecule has 0 unspecified atom stereocenters. The Bertz CT molecular complexity index is 2980. The summed E-state index contributed by atoms with van der Waals surface area (Å²) in [5, 5.41) is 3.50. The molecule has 0 saturated heterocycles. The largest absolute Gasteiger partial charge is 0.465 e. The number of hydrogen-bond acceptors (Lipinski definition) is 4. The number of hydrogen-bond donors (Lipinski definition) is 0. The number of benzene rings is 7. The minimum absolute atomic E-state index is 0.0443. The smallest absolute Gasteiger partial charge is 0.345 e. The van der Waals surface area contributed by atoms with Gasteiger partial charge in [-0.3, -0.25) is 0 Å². The molecule has 7 aromatic rings. The molecule has 4 nitrogen and oxygen atoms in total. The van der Waals surface area contributed by atoms with Gasteiger partial charge in [-0.2, -0.15) is 0 Å². The lowest BCUT2D eigenvalue weighted by Crippen LogP contribution is -2.81. The number of carbonyl (C=O) groups is 2. The molecule has 0 aromatic heterocycles. The zero-order valence-electron chi connectivity index (χ0n) is 38.1. The SMILES string of the molecule is COC(=O)C(C(=O)OC)=C(C)C[P+](c1ccccc1)(c1ccccc1)c1ccccc1.Fc1c(F)c(F)c([B-](c2c(F)c(F)c(F)c(F)c2F)(c2c(F)c(F)c(F)c(F)c2F)c2c(F)c(F)c(F)c(F)c2F)c(F)c1F. The topological polar surface area (TPSA) is 52.6 Å². The summed E-state index contributed by atoms with van der Waals surface area (Å²) in [6.45, 7) is 1.81. The van der Waals surface area contributed by atoms with Crippen molar-refractivity contribution < 1.29 is 107 Å². The highest BCUT2D eigenvalue weighted by atomic mass is 31.2. The summed E-state index contributed by atoms with van der Waals surface area (Å²) in [5.41, 5.74) is -13.7. The van der Waals surface area contributed by atoms with E-state index >= 15 is 35.1 Å². The Kier molecular flexibility index (Phi) is 16.9. The van der Waals surface area contributed by atoms with Crippen LogP contribution in [0.5, 0.6) is 0 Å². The number of ether oxygens (including phenoxy) is 2. The van der Waals surface area contributed by atoms with Gasteiger partial charge in [-0.05, 0) is 48.9 Å². The number of carbonyl (C=O) groups excluding carboxylic acids is 2. The highest BCUT2D eigenvalue weighted by molar-refractivity contribution is 7.95. The summed E-state index contributed by atoms with van der Waals surface area (Å²) in [7, 11) is 0.304. The molecular formula is C50H26BF20O4P. The lowest BCUT2D eigenvalue weighted by Gasteiger charge is -2.44. The van der Waals surface area contributed by atoms with E-state index in [4.69, 9.17) is 9.47 Å². The van der Waals surface area contributed by atoms with Crippen LogP contribution in [0.25, 0.3) is 0 Å². The van der Waals surface area contributed by atoms with Crippen molar-refractivity contribution in [2.24, 2.45) is 0 Å². The molecule has 0 heterocycles. The van der Waals surface area contributed by atoms with Crippen LogP contribution < -0.4 is 37.8 Å². The summed E-state index contributed by atoms with van der Waals surface area (Å²) in [4.78, 5) is 25.0. The van der Waals surface area contributed by atoms with Gasteiger partial charge in [-0.1, -0.05) is 54.6 Å². The molecule has 0 aliphatic heterocycles. The highest BCUT2D eigenvalue weighted by Gasteiger charge is 2.53. The fourth-order valence-corrected chi connectivity index (χ4v) is 13.1. The van der Waals surface area contributed by atoms with Crippen LogP contribution in [0.2, 0.25) is 0 Å². The third-order valence-corrected chi connectivity index (χ3v) is 16.5. The van der Waals surface area contributed by atoms with Crippen molar-refractivity contribution in [3.8, 4) is 0 Å². The van der Waals surface area contributed by atoms with Gasteiger partial charge in [0.2, 0.25) is 0 Å². The van der Waals surface area contributed by atoms with E-state index in [0.717, 1.165) is 0 Å². The second-order valence-electron chi connectivity index (χ2n) is 15.9. The lowest BCUT2D eigenvalue weighted by molar-refractivity contribution is -0.144. The highest BCUT2D eigenvalue weighted by Crippen LogP contribution is 2.57. The van der Waals surface area contributed by atoms with Crippen LogP contribution in [0.15, 0.2) is 102 Å². The molecule has 0 amide bonds. The molecule has 0 bridgehead atoms. The van der Waals surface area contributed by atoms with Crippen LogP contribution in [0.3, 0.4) is 0 Å². The van der Waals surface area contributed by atoms with Crippen LogP contribution in [0.4, 0.5) is 87.8 Å². The summed E-state index contributed by atoms with van der Waals surface area (Å²) in [6, 6.07) is 30.9.